The summed E-state index contributed by atoms with van der Waals surface area (Å²) in [5.41, 5.74) is 4.55. The number of hydrogen-bond acceptors (Lipinski definition) is 5. The molecule has 0 atom stereocenters. The molecule has 0 aliphatic heterocycles. The first-order valence-corrected chi connectivity index (χ1v) is 16.4. The summed E-state index contributed by atoms with van der Waals surface area (Å²) in [6, 6.07) is 22.7. The molecule has 4 aromatic carbocycles. The Morgan fingerprint density at radius 2 is 1.24 bits per heavy atom. The molecule has 0 unspecified atom stereocenters. The fourth-order valence-electron chi connectivity index (χ4n) is 4.73. The molecule has 0 bridgehead atoms. The predicted molar refractivity (Wildman–Crippen MR) is 159 cm³/mol. The third kappa shape index (κ3) is 5.39. The van der Waals surface area contributed by atoms with Gasteiger partial charge in [0.1, 0.15) is 0 Å². The number of rotatable bonds is 6. The van der Waals surface area contributed by atoms with Gasteiger partial charge in [0, 0.05) is 29.7 Å². The second kappa shape index (κ2) is 10.2. The van der Waals surface area contributed by atoms with Crippen LogP contribution in [0.1, 0.15) is 19.4 Å². The van der Waals surface area contributed by atoms with E-state index in [1.165, 1.54) is 18.4 Å². The van der Waals surface area contributed by atoms with Crippen LogP contribution in [0.3, 0.4) is 0 Å². The third-order valence-corrected chi connectivity index (χ3v) is 10.7. The molecule has 5 rings (SSSR count). The molecule has 41 heavy (non-hydrogen) atoms. The second-order valence-corrected chi connectivity index (χ2v) is 15.2. The fraction of sp³-hybridized carbons (Fsp3) is 0.156. The minimum absolute atomic E-state index is 0.114. The van der Waals surface area contributed by atoms with Gasteiger partial charge >= 0.3 is 0 Å². The largest absolute Gasteiger partial charge is 0.256 e. The number of nitrogens with zero attached hydrogens (tertiary/aromatic N) is 1. The van der Waals surface area contributed by atoms with E-state index < -0.39 is 36.1 Å². The normalized spacial score (nSPS) is 12.5. The van der Waals surface area contributed by atoms with Gasteiger partial charge in [0.25, 0.3) is 0 Å². The van der Waals surface area contributed by atoms with E-state index in [0.717, 1.165) is 23.8 Å². The van der Waals surface area contributed by atoms with Crippen molar-refractivity contribution in [3.8, 4) is 33.4 Å². The van der Waals surface area contributed by atoms with Crippen LogP contribution in [0.25, 0.3) is 44.3 Å². The number of hydrogen-bond donors (Lipinski definition) is 0. The lowest BCUT2D eigenvalue weighted by Gasteiger charge is -2.24. The Morgan fingerprint density at radius 1 is 0.659 bits per heavy atom. The smallest absolute Gasteiger partial charge is 0.175 e. The zero-order chi connectivity index (χ0) is 29.7. The Hall–Kier alpha value is -3.95. The van der Waals surface area contributed by atoms with Crippen LogP contribution in [-0.2, 0) is 24.4 Å². The highest BCUT2D eigenvalue weighted by Crippen LogP contribution is 2.39. The van der Waals surface area contributed by atoms with Crippen molar-refractivity contribution < 1.29 is 25.6 Å². The van der Waals surface area contributed by atoms with Crippen molar-refractivity contribution in [2.24, 2.45) is 0 Å². The Labute approximate surface area is 238 Å². The Balaban J connectivity index is 1.72. The monoisotopic (exact) mass is 591 g/mol. The minimum atomic E-state index is -3.47. The maximum absolute atomic E-state index is 14.6. The number of fused-ring (bicyclic) bond motifs is 1. The van der Waals surface area contributed by atoms with Crippen molar-refractivity contribution in [3.05, 3.63) is 108 Å². The van der Waals surface area contributed by atoms with Crippen molar-refractivity contribution in [2.45, 2.75) is 23.5 Å². The average molecular weight is 592 g/mol. The molecule has 1 aromatic heterocycles. The minimum Gasteiger partial charge on any atom is -0.256 e. The summed E-state index contributed by atoms with van der Waals surface area (Å²) in [6.45, 7) is 3.31. The van der Waals surface area contributed by atoms with Gasteiger partial charge in [-0.25, -0.2) is 25.6 Å². The SMILES string of the molecule is CC(C)(c1cc(-c2cccc(-c3cc(F)c(F)cc3-c3ccc(S(C)(=O)=O)cc3)c2)c2ncccc2c1)S(C)(=O)=O. The molecule has 9 heteroatoms. The van der Waals surface area contributed by atoms with E-state index in [2.05, 4.69) is 4.98 Å². The number of benzene rings is 4. The molecule has 0 saturated carbocycles. The summed E-state index contributed by atoms with van der Waals surface area (Å²) in [6.07, 6.45) is 3.96. The van der Waals surface area contributed by atoms with Crippen molar-refractivity contribution in [3.63, 3.8) is 0 Å². The van der Waals surface area contributed by atoms with Crippen molar-refractivity contribution in [2.75, 3.05) is 12.5 Å². The lowest BCUT2D eigenvalue weighted by Crippen LogP contribution is -2.28. The van der Waals surface area contributed by atoms with E-state index in [0.29, 0.717) is 44.5 Å². The van der Waals surface area contributed by atoms with E-state index in [9.17, 15) is 25.6 Å². The predicted octanol–water partition coefficient (Wildman–Crippen LogP) is 7.20. The molecular formula is C32H27F2NO4S2. The van der Waals surface area contributed by atoms with Gasteiger partial charge in [-0.3, -0.25) is 4.98 Å². The fourth-order valence-corrected chi connectivity index (χ4v) is 5.91. The van der Waals surface area contributed by atoms with Crippen LogP contribution >= 0.6 is 0 Å². The number of pyridine rings is 1. The van der Waals surface area contributed by atoms with Gasteiger partial charge in [-0.15, -0.1) is 0 Å². The molecule has 0 spiro atoms. The van der Waals surface area contributed by atoms with Crippen molar-refractivity contribution in [1.82, 2.24) is 4.98 Å². The van der Waals surface area contributed by atoms with Crippen LogP contribution in [-0.4, -0.2) is 34.3 Å². The standard InChI is InChI=1S/C32H27F2NO4S2/c1-32(2,41(4,38)39)24-16-23-9-6-14-35-31(23)28(17-24)22-8-5-7-21(15-22)27-19-30(34)29(33)18-26(27)20-10-12-25(13-11-20)40(3,36)37/h5-19H,1-4H3. The van der Waals surface area contributed by atoms with E-state index >= 15 is 0 Å². The molecule has 5 aromatic rings. The van der Waals surface area contributed by atoms with Gasteiger partial charge in [0.15, 0.2) is 31.3 Å². The van der Waals surface area contributed by atoms with Gasteiger partial charge in [-0.05, 0) is 95.8 Å². The van der Waals surface area contributed by atoms with Gasteiger partial charge < -0.3 is 0 Å². The molecule has 5 nitrogen and oxygen atoms in total. The van der Waals surface area contributed by atoms with Gasteiger partial charge in [-0.1, -0.05) is 36.4 Å². The molecule has 0 fully saturated rings. The number of aromatic nitrogens is 1. The van der Waals surface area contributed by atoms with E-state index in [1.54, 1.807) is 50.4 Å². The van der Waals surface area contributed by atoms with Gasteiger partial charge in [0.2, 0.25) is 0 Å². The highest BCUT2D eigenvalue weighted by molar-refractivity contribution is 7.91. The number of halogens is 2. The molecule has 0 saturated heterocycles. The molecule has 0 N–H and O–H groups in total. The summed E-state index contributed by atoms with van der Waals surface area (Å²) in [7, 11) is -6.90. The van der Waals surface area contributed by atoms with Crippen LogP contribution in [0.2, 0.25) is 0 Å². The first kappa shape index (κ1) is 28.6. The molecule has 0 amide bonds. The molecule has 1 heterocycles. The lowest BCUT2D eigenvalue weighted by molar-refractivity contribution is 0.509. The van der Waals surface area contributed by atoms with E-state index in [1.807, 2.05) is 30.3 Å². The van der Waals surface area contributed by atoms with Crippen molar-refractivity contribution in [1.29, 1.82) is 0 Å². The Morgan fingerprint density at radius 3 is 1.83 bits per heavy atom. The maximum atomic E-state index is 14.6. The first-order valence-electron chi connectivity index (χ1n) is 12.7. The highest BCUT2D eigenvalue weighted by Gasteiger charge is 2.33. The van der Waals surface area contributed by atoms with Crippen LogP contribution in [0.15, 0.2) is 96.0 Å². The summed E-state index contributed by atoms with van der Waals surface area (Å²) < 4.78 is 77.1. The zero-order valence-electron chi connectivity index (χ0n) is 22.8. The van der Waals surface area contributed by atoms with E-state index in [-0.39, 0.29) is 4.90 Å². The van der Waals surface area contributed by atoms with Crippen molar-refractivity contribution >= 4 is 30.6 Å². The highest BCUT2D eigenvalue weighted by atomic mass is 32.2. The topological polar surface area (TPSA) is 81.2 Å². The molecule has 210 valence electrons. The zero-order valence-corrected chi connectivity index (χ0v) is 24.4. The Kier molecular flexibility index (Phi) is 7.07. The quantitative estimate of drug-likeness (QED) is 0.209. The van der Waals surface area contributed by atoms with Gasteiger partial charge in [-0.2, -0.15) is 0 Å². The average Bonchev–Trinajstić information content (AvgIpc) is 2.92. The summed E-state index contributed by atoms with van der Waals surface area (Å²) in [4.78, 5) is 4.67. The summed E-state index contributed by atoms with van der Waals surface area (Å²) in [5.74, 6) is -2.05. The molecular weight excluding hydrogens is 564 g/mol. The summed E-state index contributed by atoms with van der Waals surface area (Å²) in [5, 5.41) is 0.765. The van der Waals surface area contributed by atoms with Crippen LogP contribution in [0.4, 0.5) is 8.78 Å². The third-order valence-electron chi connectivity index (χ3n) is 7.47. The van der Waals surface area contributed by atoms with E-state index in [4.69, 9.17) is 0 Å². The molecule has 0 radical (unpaired) electrons. The van der Waals surface area contributed by atoms with Crippen LogP contribution in [0, 0.1) is 11.6 Å². The van der Waals surface area contributed by atoms with Crippen LogP contribution in [0.5, 0.6) is 0 Å². The second-order valence-electron chi connectivity index (χ2n) is 10.6. The first-order chi connectivity index (χ1) is 19.2. The number of sulfone groups is 2. The summed E-state index contributed by atoms with van der Waals surface area (Å²) >= 11 is 0. The molecule has 0 aliphatic rings. The molecule has 0 aliphatic carbocycles. The van der Waals surface area contributed by atoms with Gasteiger partial charge in [0.05, 0.1) is 15.2 Å². The lowest BCUT2D eigenvalue weighted by atomic mass is 9.90. The Bertz CT molecular complexity index is 2040. The van der Waals surface area contributed by atoms with Crippen LogP contribution < -0.4 is 0 Å². The maximum Gasteiger partial charge on any atom is 0.175 e.